The molecule has 0 amide bonds. The topological polar surface area (TPSA) is 46.4 Å². The van der Waals surface area contributed by atoms with Gasteiger partial charge in [-0.25, -0.2) is 4.98 Å². The number of pyridine rings is 1. The zero-order valence-corrected chi connectivity index (χ0v) is 19.4. The molecular weight excluding hydrogens is 382 g/mol. The molecule has 1 aromatic carbocycles. The van der Waals surface area contributed by atoms with Crippen molar-refractivity contribution in [3.05, 3.63) is 53.3 Å². The Labute approximate surface area is 185 Å². The van der Waals surface area contributed by atoms with Crippen molar-refractivity contribution in [2.24, 2.45) is 5.92 Å². The van der Waals surface area contributed by atoms with E-state index in [-0.39, 0.29) is 0 Å². The Balaban J connectivity index is 1.78. The third-order valence-electron chi connectivity index (χ3n) is 7.43. The Bertz CT molecular complexity index is 1190. The molecule has 5 rings (SSSR count). The van der Waals surface area contributed by atoms with Crippen LogP contribution in [0.5, 0.6) is 0 Å². The van der Waals surface area contributed by atoms with Crippen molar-refractivity contribution in [3.8, 4) is 11.3 Å². The summed E-state index contributed by atoms with van der Waals surface area (Å²) in [5.74, 6) is 0.873. The van der Waals surface area contributed by atoms with Crippen molar-refractivity contribution in [2.75, 3.05) is 5.32 Å². The average Bonchev–Trinajstić information content (AvgIpc) is 3.40. The Morgan fingerprint density at radius 2 is 1.94 bits per heavy atom. The van der Waals surface area contributed by atoms with Crippen molar-refractivity contribution in [3.63, 3.8) is 0 Å². The molecule has 1 unspecified atom stereocenters. The Morgan fingerprint density at radius 1 is 1.16 bits per heavy atom. The number of fused-ring (bicyclic) bond motifs is 4. The van der Waals surface area contributed by atoms with Gasteiger partial charge in [-0.05, 0) is 93.7 Å². The van der Waals surface area contributed by atoms with Crippen LogP contribution < -0.4 is 5.32 Å². The highest BCUT2D eigenvalue weighted by Crippen LogP contribution is 2.50. The lowest BCUT2D eigenvalue weighted by molar-refractivity contribution is -0.128. The molecule has 1 atom stereocenters. The Kier molecular flexibility index (Phi) is 4.55. The van der Waals surface area contributed by atoms with E-state index in [1.54, 1.807) is 0 Å². The van der Waals surface area contributed by atoms with Crippen molar-refractivity contribution in [1.82, 2.24) is 9.38 Å². The molecule has 0 bridgehead atoms. The van der Waals surface area contributed by atoms with E-state index in [0.717, 1.165) is 37.8 Å². The number of carbonyl (C=O) groups excluding carboxylic acids is 1. The SMILES string of the molecule is CC(C)CCC1(C)C(=O)C(C)(C)Nc2c1cc(-c1cccc3nccn13)c1c2CCC1. The second kappa shape index (κ2) is 6.94. The molecule has 162 valence electrons. The van der Waals surface area contributed by atoms with Crippen LogP contribution in [-0.4, -0.2) is 20.7 Å². The van der Waals surface area contributed by atoms with E-state index in [9.17, 15) is 4.79 Å². The van der Waals surface area contributed by atoms with E-state index in [1.807, 2.05) is 32.3 Å². The van der Waals surface area contributed by atoms with Crippen LogP contribution in [0.1, 0.15) is 70.6 Å². The minimum Gasteiger partial charge on any atom is -0.373 e. The second-order valence-corrected chi connectivity index (χ2v) is 10.6. The summed E-state index contributed by atoms with van der Waals surface area (Å²) in [6.45, 7) is 10.8. The fraction of sp³-hybridized carbons (Fsp3) is 0.481. The van der Waals surface area contributed by atoms with Crippen molar-refractivity contribution in [2.45, 2.75) is 77.7 Å². The number of hydrogen-bond donors (Lipinski definition) is 1. The first-order valence-electron chi connectivity index (χ1n) is 11.7. The summed E-state index contributed by atoms with van der Waals surface area (Å²) in [5, 5.41) is 3.67. The number of carbonyl (C=O) groups is 1. The maximum Gasteiger partial charge on any atom is 0.167 e. The highest BCUT2D eigenvalue weighted by molar-refractivity contribution is 6.04. The van der Waals surface area contributed by atoms with Crippen molar-refractivity contribution in [1.29, 1.82) is 0 Å². The van der Waals surface area contributed by atoms with E-state index in [1.165, 1.54) is 33.6 Å². The van der Waals surface area contributed by atoms with E-state index in [4.69, 9.17) is 0 Å². The largest absolute Gasteiger partial charge is 0.373 e. The molecule has 3 heterocycles. The van der Waals surface area contributed by atoms with Gasteiger partial charge in [-0.1, -0.05) is 19.9 Å². The number of aromatic nitrogens is 2. The Morgan fingerprint density at radius 3 is 2.71 bits per heavy atom. The highest BCUT2D eigenvalue weighted by Gasteiger charge is 2.49. The molecule has 4 nitrogen and oxygen atoms in total. The normalized spacial score (nSPS) is 21.9. The fourth-order valence-electron chi connectivity index (χ4n) is 5.76. The second-order valence-electron chi connectivity index (χ2n) is 10.6. The molecular formula is C27H33N3O. The number of nitrogens with zero attached hydrogens (tertiary/aromatic N) is 2. The van der Waals surface area contributed by atoms with Gasteiger partial charge in [0.1, 0.15) is 5.65 Å². The third-order valence-corrected chi connectivity index (χ3v) is 7.43. The summed E-state index contributed by atoms with van der Waals surface area (Å²) < 4.78 is 2.17. The molecule has 1 aliphatic heterocycles. The summed E-state index contributed by atoms with van der Waals surface area (Å²) in [6.07, 6.45) is 9.15. The van der Waals surface area contributed by atoms with E-state index in [2.05, 4.69) is 53.7 Å². The summed E-state index contributed by atoms with van der Waals surface area (Å²) in [6, 6.07) is 8.64. The number of hydrogen-bond acceptors (Lipinski definition) is 3. The van der Waals surface area contributed by atoms with Crippen LogP contribution in [0.3, 0.4) is 0 Å². The maximum absolute atomic E-state index is 13.8. The van der Waals surface area contributed by atoms with E-state index >= 15 is 0 Å². The van der Waals surface area contributed by atoms with Gasteiger partial charge >= 0.3 is 0 Å². The summed E-state index contributed by atoms with van der Waals surface area (Å²) in [4.78, 5) is 18.3. The lowest BCUT2D eigenvalue weighted by Gasteiger charge is -2.45. The molecule has 2 aromatic heterocycles. The molecule has 1 N–H and O–H groups in total. The first-order valence-corrected chi connectivity index (χ1v) is 11.7. The fourth-order valence-corrected chi connectivity index (χ4v) is 5.76. The Hall–Kier alpha value is -2.62. The highest BCUT2D eigenvalue weighted by atomic mass is 16.1. The smallest absolute Gasteiger partial charge is 0.167 e. The van der Waals surface area contributed by atoms with Crippen LogP contribution >= 0.6 is 0 Å². The predicted octanol–water partition coefficient (Wildman–Crippen LogP) is 5.96. The first kappa shape index (κ1) is 20.3. The number of nitrogens with one attached hydrogen (secondary N) is 1. The van der Waals surface area contributed by atoms with Gasteiger partial charge in [0, 0.05) is 23.6 Å². The molecule has 0 spiro atoms. The molecule has 31 heavy (non-hydrogen) atoms. The van der Waals surface area contributed by atoms with Gasteiger partial charge in [0.2, 0.25) is 0 Å². The molecule has 0 saturated heterocycles. The van der Waals surface area contributed by atoms with E-state index < -0.39 is 11.0 Å². The summed E-state index contributed by atoms with van der Waals surface area (Å²) in [7, 11) is 0. The average molecular weight is 416 g/mol. The van der Waals surface area contributed by atoms with Gasteiger partial charge in [-0.15, -0.1) is 0 Å². The van der Waals surface area contributed by atoms with Crippen LogP contribution in [0.15, 0.2) is 36.7 Å². The molecule has 3 aromatic rings. The van der Waals surface area contributed by atoms with E-state index in [0.29, 0.717) is 11.7 Å². The summed E-state index contributed by atoms with van der Waals surface area (Å²) >= 11 is 0. The molecule has 2 aliphatic rings. The minimum absolute atomic E-state index is 0.304. The zero-order valence-electron chi connectivity index (χ0n) is 19.4. The maximum atomic E-state index is 13.8. The molecule has 0 fully saturated rings. The molecule has 0 saturated carbocycles. The van der Waals surface area contributed by atoms with Crippen molar-refractivity contribution >= 4 is 17.1 Å². The van der Waals surface area contributed by atoms with Crippen LogP contribution in [-0.2, 0) is 23.1 Å². The zero-order chi connectivity index (χ0) is 22.0. The standard InChI is InChI=1S/C27H33N3O/c1-17(2)12-13-27(5)21-16-20(22-10-7-11-23-28-14-15-30(22)23)18-8-6-9-19(18)24(21)29-26(3,4)25(27)31/h7,10-11,14-17,29H,6,8-9,12-13H2,1-5H3. The van der Waals surface area contributed by atoms with Gasteiger partial charge in [0.15, 0.2) is 5.78 Å². The van der Waals surface area contributed by atoms with Gasteiger partial charge in [-0.2, -0.15) is 0 Å². The summed E-state index contributed by atoms with van der Waals surface area (Å²) in [5.41, 5.74) is 7.61. The number of Topliss-reactive ketones (excluding diaryl/α,β-unsaturated/α-hetero) is 1. The predicted molar refractivity (Wildman–Crippen MR) is 127 cm³/mol. The first-order chi connectivity index (χ1) is 14.7. The third kappa shape index (κ3) is 3.02. The van der Waals surface area contributed by atoms with Gasteiger partial charge in [0.25, 0.3) is 0 Å². The van der Waals surface area contributed by atoms with Crippen LogP contribution in [0.2, 0.25) is 0 Å². The quantitative estimate of drug-likeness (QED) is 0.572. The number of imidazole rings is 1. The van der Waals surface area contributed by atoms with Crippen LogP contribution in [0.25, 0.3) is 16.9 Å². The van der Waals surface area contributed by atoms with Crippen molar-refractivity contribution < 1.29 is 4.79 Å². The monoisotopic (exact) mass is 415 g/mol. The number of benzene rings is 1. The number of rotatable bonds is 4. The van der Waals surface area contributed by atoms with Gasteiger partial charge < -0.3 is 5.32 Å². The van der Waals surface area contributed by atoms with Crippen LogP contribution in [0.4, 0.5) is 5.69 Å². The minimum atomic E-state index is -0.555. The van der Waals surface area contributed by atoms with Crippen LogP contribution in [0, 0.1) is 5.92 Å². The van der Waals surface area contributed by atoms with Gasteiger partial charge in [-0.3, -0.25) is 9.20 Å². The number of anilines is 1. The molecule has 1 aliphatic carbocycles. The lowest BCUT2D eigenvalue weighted by atomic mass is 9.64. The lowest BCUT2D eigenvalue weighted by Crippen LogP contribution is -2.55. The molecule has 0 radical (unpaired) electrons. The molecule has 4 heteroatoms. The number of ketones is 1. The van der Waals surface area contributed by atoms with Gasteiger partial charge in [0.05, 0.1) is 16.6 Å².